The average Bonchev–Trinajstić information content (AvgIpc) is 3.22. The van der Waals surface area contributed by atoms with Crippen molar-refractivity contribution in [3.05, 3.63) is 17.0 Å². The lowest BCUT2D eigenvalue weighted by Gasteiger charge is -2.52. The summed E-state index contributed by atoms with van der Waals surface area (Å²) >= 11 is 0. The number of piperazine rings is 1. The maximum absolute atomic E-state index is 13.8. The highest BCUT2D eigenvalue weighted by Gasteiger charge is 2.53. The third kappa shape index (κ3) is 6.39. The Morgan fingerprint density at radius 1 is 0.975 bits per heavy atom. The maximum Gasteiger partial charge on any atom is 0.246 e. The van der Waals surface area contributed by atoms with Crippen LogP contribution >= 0.6 is 12.4 Å². The number of nitrogens with one attached hydrogen (secondary N) is 1. The van der Waals surface area contributed by atoms with Gasteiger partial charge in [-0.25, -0.2) is 0 Å². The van der Waals surface area contributed by atoms with E-state index in [1.807, 2.05) is 4.90 Å². The molecule has 0 radical (unpaired) electrons. The summed E-state index contributed by atoms with van der Waals surface area (Å²) in [6, 6.07) is 0.153. The van der Waals surface area contributed by atoms with Gasteiger partial charge in [-0.05, 0) is 78.4 Å². The minimum absolute atomic E-state index is 0. The molecule has 0 aromatic carbocycles. The number of nitrogens with zero attached hydrogens (tertiary/aromatic N) is 5. The van der Waals surface area contributed by atoms with Crippen LogP contribution in [0.2, 0.25) is 0 Å². The Morgan fingerprint density at radius 2 is 1.65 bits per heavy atom. The van der Waals surface area contributed by atoms with Crippen LogP contribution in [0, 0.1) is 19.8 Å². The molecule has 1 aromatic heterocycles. The number of carbonyl (C=O) groups is 2. The van der Waals surface area contributed by atoms with Crippen LogP contribution in [0.4, 0.5) is 0 Å². The van der Waals surface area contributed by atoms with E-state index in [0.717, 1.165) is 70.5 Å². The fourth-order valence-electron chi connectivity index (χ4n) is 7.75. The van der Waals surface area contributed by atoms with Crippen molar-refractivity contribution in [1.82, 2.24) is 29.8 Å². The van der Waals surface area contributed by atoms with Crippen LogP contribution in [-0.4, -0.2) is 87.6 Å². The summed E-state index contributed by atoms with van der Waals surface area (Å²) in [5.41, 5.74) is 3.08. The normalized spacial score (nSPS) is 25.3. The van der Waals surface area contributed by atoms with Gasteiger partial charge in [0.05, 0.1) is 11.7 Å². The largest absolute Gasteiger partial charge is 0.342 e. The smallest absolute Gasteiger partial charge is 0.246 e. The summed E-state index contributed by atoms with van der Waals surface area (Å²) in [5.74, 6) is 0.841. The lowest BCUT2D eigenvalue weighted by atomic mass is 9.79. The zero-order chi connectivity index (χ0) is 27.6. The topological polar surface area (TPSA) is 73.7 Å². The van der Waals surface area contributed by atoms with E-state index in [-0.39, 0.29) is 30.3 Å². The molecule has 1 N–H and O–H groups in total. The highest BCUT2D eigenvalue weighted by molar-refractivity contribution is 6.00. The Hall–Kier alpha value is -1.64. The molecule has 0 unspecified atom stereocenters. The van der Waals surface area contributed by atoms with Crippen LogP contribution in [0.25, 0.3) is 0 Å². The number of amides is 2. The van der Waals surface area contributed by atoms with Crippen LogP contribution in [0.5, 0.6) is 0 Å². The molecule has 1 saturated carbocycles. The summed E-state index contributed by atoms with van der Waals surface area (Å²) in [5, 5.41) is 8.23. The van der Waals surface area contributed by atoms with E-state index in [9.17, 15) is 9.59 Å². The zero-order valence-corrected chi connectivity index (χ0v) is 26.2. The second kappa shape index (κ2) is 13.6. The van der Waals surface area contributed by atoms with Gasteiger partial charge in [0.2, 0.25) is 11.8 Å². The first-order chi connectivity index (χ1) is 18.8. The van der Waals surface area contributed by atoms with Gasteiger partial charge in [-0.1, -0.05) is 45.4 Å². The lowest BCUT2D eigenvalue weighted by Crippen LogP contribution is -2.73. The van der Waals surface area contributed by atoms with Crippen molar-refractivity contribution >= 4 is 24.2 Å². The molecule has 4 heterocycles. The maximum atomic E-state index is 13.8. The SMILES string of the molecule is CCCCN1C(=O)[C@H](CC2CCCCC2)NC(=O)C12CCN(Cc1c(C)nn(C3CCN(C)CC3)c1C)CC2.Cl. The zero-order valence-electron chi connectivity index (χ0n) is 25.4. The Balaban J connectivity index is 0.00000370. The molecule has 40 heavy (non-hydrogen) atoms. The van der Waals surface area contributed by atoms with Crippen molar-refractivity contribution in [3.8, 4) is 0 Å². The molecule has 1 atom stereocenters. The summed E-state index contributed by atoms with van der Waals surface area (Å²) in [6.07, 6.45) is 12.8. The molecule has 1 spiro atoms. The number of hydrogen-bond acceptors (Lipinski definition) is 5. The molecule has 3 saturated heterocycles. The number of aromatic nitrogens is 2. The van der Waals surface area contributed by atoms with Crippen LogP contribution in [0.3, 0.4) is 0 Å². The van der Waals surface area contributed by atoms with E-state index in [4.69, 9.17) is 5.10 Å². The Kier molecular flexibility index (Phi) is 10.6. The predicted molar refractivity (Wildman–Crippen MR) is 162 cm³/mol. The number of aryl methyl sites for hydroxylation is 1. The van der Waals surface area contributed by atoms with Gasteiger partial charge >= 0.3 is 0 Å². The quantitative estimate of drug-likeness (QED) is 0.489. The number of carbonyl (C=O) groups excluding carboxylic acids is 2. The molecule has 0 bridgehead atoms. The van der Waals surface area contributed by atoms with Crippen molar-refractivity contribution in [2.45, 2.75) is 122 Å². The molecule has 8 nitrogen and oxygen atoms in total. The van der Waals surface area contributed by atoms with Crippen LogP contribution in [0.15, 0.2) is 0 Å². The molecule has 9 heteroatoms. The molecule has 2 amide bonds. The highest BCUT2D eigenvalue weighted by Crippen LogP contribution is 2.37. The number of rotatable bonds is 8. The predicted octanol–water partition coefficient (Wildman–Crippen LogP) is 4.62. The van der Waals surface area contributed by atoms with Crippen molar-refractivity contribution < 1.29 is 9.59 Å². The van der Waals surface area contributed by atoms with Gasteiger partial charge in [0, 0.05) is 37.4 Å². The van der Waals surface area contributed by atoms with Gasteiger partial charge in [-0.3, -0.25) is 19.2 Å². The minimum atomic E-state index is -0.686. The van der Waals surface area contributed by atoms with E-state index >= 15 is 0 Å². The van der Waals surface area contributed by atoms with E-state index < -0.39 is 5.54 Å². The van der Waals surface area contributed by atoms with E-state index in [2.05, 4.69) is 47.6 Å². The first-order valence-corrected chi connectivity index (χ1v) is 15.9. The average molecular weight is 577 g/mol. The first-order valence-electron chi connectivity index (χ1n) is 15.9. The van der Waals surface area contributed by atoms with Crippen molar-refractivity contribution in [3.63, 3.8) is 0 Å². The van der Waals surface area contributed by atoms with Crippen molar-refractivity contribution in [2.24, 2.45) is 5.92 Å². The van der Waals surface area contributed by atoms with Gasteiger partial charge in [-0.15, -0.1) is 12.4 Å². The van der Waals surface area contributed by atoms with Gasteiger partial charge in [0.1, 0.15) is 11.6 Å². The molecule has 226 valence electrons. The molecular formula is C31H53ClN6O2. The van der Waals surface area contributed by atoms with E-state index in [0.29, 0.717) is 31.3 Å². The van der Waals surface area contributed by atoms with Gasteiger partial charge in [0.15, 0.2) is 0 Å². The fourth-order valence-corrected chi connectivity index (χ4v) is 7.75. The molecule has 3 aliphatic heterocycles. The van der Waals surface area contributed by atoms with Crippen LogP contribution in [0.1, 0.15) is 107 Å². The molecule has 5 rings (SSSR count). The first kappa shape index (κ1) is 31.3. The summed E-state index contributed by atoms with van der Waals surface area (Å²) in [6.45, 7) is 12.0. The van der Waals surface area contributed by atoms with Crippen LogP contribution in [-0.2, 0) is 16.1 Å². The number of halogens is 1. The minimum Gasteiger partial charge on any atom is -0.342 e. The Morgan fingerprint density at radius 3 is 2.30 bits per heavy atom. The lowest BCUT2D eigenvalue weighted by molar-refractivity contribution is -0.162. The highest BCUT2D eigenvalue weighted by atomic mass is 35.5. The second-order valence-corrected chi connectivity index (χ2v) is 13.0. The van der Waals surface area contributed by atoms with E-state index in [1.54, 1.807) is 0 Å². The Labute approximate surface area is 248 Å². The van der Waals surface area contributed by atoms with Crippen molar-refractivity contribution in [2.75, 3.05) is 39.8 Å². The third-order valence-electron chi connectivity index (χ3n) is 10.4. The second-order valence-electron chi connectivity index (χ2n) is 13.0. The number of hydrogen-bond donors (Lipinski definition) is 1. The molecule has 4 aliphatic rings. The van der Waals surface area contributed by atoms with E-state index in [1.165, 1.54) is 43.4 Å². The number of piperidine rings is 2. The molecule has 1 aromatic rings. The molecule has 1 aliphatic carbocycles. The third-order valence-corrected chi connectivity index (χ3v) is 10.4. The summed E-state index contributed by atoms with van der Waals surface area (Å²) in [4.78, 5) is 34.5. The van der Waals surface area contributed by atoms with Gasteiger partial charge in [0.25, 0.3) is 0 Å². The number of unbranched alkanes of at least 4 members (excludes halogenated alkanes) is 1. The molecule has 4 fully saturated rings. The van der Waals surface area contributed by atoms with Gasteiger partial charge in [-0.2, -0.15) is 5.10 Å². The summed E-state index contributed by atoms with van der Waals surface area (Å²) in [7, 11) is 2.20. The molecular weight excluding hydrogens is 524 g/mol. The fraction of sp³-hybridized carbons (Fsp3) is 0.839. The number of likely N-dealkylation sites (tertiary alicyclic amines) is 2. The summed E-state index contributed by atoms with van der Waals surface area (Å²) < 4.78 is 2.29. The monoisotopic (exact) mass is 576 g/mol. The standard InChI is InChI=1S/C31H52N6O2.ClH/c1-5-6-16-36-29(38)28(21-25-10-8-7-9-11-25)32-30(39)31(36)14-19-35(20-15-31)22-27-23(2)33-37(24(27)3)26-12-17-34(4)18-13-26;/h25-26,28H,5-22H2,1-4H3,(H,32,39);1H/t28-;/m0./s1. The van der Waals surface area contributed by atoms with Crippen LogP contribution < -0.4 is 5.32 Å². The van der Waals surface area contributed by atoms with Gasteiger partial charge < -0.3 is 15.1 Å². The Bertz CT molecular complexity index is 1010. The van der Waals surface area contributed by atoms with Crippen molar-refractivity contribution in [1.29, 1.82) is 0 Å².